The molecule has 0 aromatic heterocycles. The maximum Gasteiger partial charge on any atom is 0.138 e. The Morgan fingerprint density at radius 3 is 1.37 bits per heavy atom. The van der Waals surface area contributed by atoms with Crippen molar-refractivity contribution in [1.29, 1.82) is 42.1 Å². The van der Waals surface area contributed by atoms with E-state index in [2.05, 4.69) is 0 Å². The van der Waals surface area contributed by atoms with Gasteiger partial charge in [0.2, 0.25) is 0 Å². The van der Waals surface area contributed by atoms with Gasteiger partial charge in [0.05, 0.1) is 63.7 Å². The molecule has 132 valence electrons. The molecule has 0 aliphatic heterocycles. The van der Waals surface area contributed by atoms with Crippen LogP contribution in [0, 0.1) is 90.6 Å². The zero-order chi connectivity index (χ0) is 22.3. The van der Waals surface area contributed by atoms with Crippen molar-refractivity contribution in [2.24, 2.45) is 0 Å². The van der Waals surface area contributed by atoms with Gasteiger partial charge in [0.15, 0.2) is 0 Å². The van der Waals surface area contributed by atoms with Crippen LogP contribution in [0.25, 0.3) is 11.1 Å². The van der Waals surface area contributed by atoms with E-state index in [9.17, 15) is 26.3 Å². The molecule has 30 heavy (non-hydrogen) atoms. The normalized spacial score (nSPS) is 9.60. The monoisotopic (exact) mass is 380 g/mol. The molecule has 0 radical (unpaired) electrons. The molecule has 0 amide bonds. The molecule has 0 bridgehead atoms. The fraction of sp³-hybridized carbons (Fsp3) is 0. The highest BCUT2D eigenvalue weighted by atomic mass is 14.3. The van der Waals surface area contributed by atoms with E-state index in [-0.39, 0.29) is 55.0 Å². The summed E-state index contributed by atoms with van der Waals surface area (Å²) in [6, 6.07) is 19.0. The topological polar surface area (TPSA) is 190 Å². The van der Waals surface area contributed by atoms with Crippen LogP contribution in [-0.4, -0.2) is 0 Å². The van der Waals surface area contributed by atoms with E-state index < -0.39 is 0 Å². The summed E-state index contributed by atoms with van der Waals surface area (Å²) in [5.41, 5.74) is -1.20. The second-order valence-corrected chi connectivity index (χ2v) is 5.53. The van der Waals surface area contributed by atoms with Crippen molar-refractivity contribution in [3.8, 4) is 48.6 Å². The summed E-state index contributed by atoms with van der Waals surface area (Å²) in [5.74, 6) is 0. The van der Waals surface area contributed by atoms with Crippen molar-refractivity contribution in [1.82, 2.24) is 0 Å². The van der Waals surface area contributed by atoms with Crippen LogP contribution >= 0.6 is 0 Å². The molecule has 2 aromatic rings. The summed E-state index contributed by atoms with van der Waals surface area (Å²) in [6.07, 6.45) is 0. The van der Waals surface area contributed by atoms with E-state index in [4.69, 9.17) is 15.8 Å². The number of nitrogens with zero attached hydrogens (tertiary/aromatic N) is 8. The lowest BCUT2D eigenvalue weighted by atomic mass is 9.90. The summed E-state index contributed by atoms with van der Waals surface area (Å²) in [7, 11) is 0. The van der Waals surface area contributed by atoms with Gasteiger partial charge in [0, 0.05) is 16.0 Å². The van der Waals surface area contributed by atoms with E-state index in [1.165, 1.54) is 12.1 Å². The van der Waals surface area contributed by atoms with Gasteiger partial charge in [-0.3, -0.25) is 0 Å². The number of rotatable bonds is 1. The van der Waals surface area contributed by atoms with Gasteiger partial charge in [-0.25, -0.2) is 0 Å². The largest absolute Gasteiger partial charge is 0.192 e. The molecule has 0 atom stereocenters. The molecule has 8 nitrogen and oxygen atoms in total. The molecule has 2 rings (SSSR count). The highest BCUT2D eigenvalue weighted by Gasteiger charge is 2.18. The Labute approximate surface area is 170 Å². The Morgan fingerprint density at radius 2 is 0.967 bits per heavy atom. The minimum Gasteiger partial charge on any atom is -0.192 e. The van der Waals surface area contributed by atoms with Crippen LogP contribution in [-0.2, 0) is 0 Å². The first-order valence-corrected chi connectivity index (χ1v) is 7.85. The molecule has 0 saturated heterocycles. The molecule has 0 saturated carbocycles. The highest BCUT2D eigenvalue weighted by Crippen LogP contribution is 2.23. The Bertz CT molecular complexity index is 1520. The smallest absolute Gasteiger partial charge is 0.138 e. The predicted molar refractivity (Wildman–Crippen MR) is 98.5 cm³/mol. The standard InChI is InChI=1S/C22H4N8/c23-5-13-1-16(8-26)22(17(2-13)9-27)21(12-30)20-4-14(6-24)19(3-15(20)7-25)18(10-28)11-29/h1-4H/b21-20+. The van der Waals surface area contributed by atoms with E-state index in [1.807, 2.05) is 36.4 Å². The molecule has 0 aliphatic carbocycles. The fourth-order valence-corrected chi connectivity index (χ4v) is 2.75. The average molecular weight is 380 g/mol. The van der Waals surface area contributed by atoms with Crippen molar-refractivity contribution < 1.29 is 0 Å². The minimum absolute atomic E-state index is 0.0417. The Morgan fingerprint density at radius 1 is 0.500 bits per heavy atom. The number of nitriles is 8. The maximum absolute atomic E-state index is 9.78. The van der Waals surface area contributed by atoms with Crippen LogP contribution in [0.2, 0.25) is 0 Å². The summed E-state index contributed by atoms with van der Waals surface area (Å²) in [6.45, 7) is 0. The second kappa shape index (κ2) is 8.66. The van der Waals surface area contributed by atoms with Crippen molar-refractivity contribution in [3.05, 3.63) is 68.1 Å². The third kappa shape index (κ3) is 3.36. The van der Waals surface area contributed by atoms with Crippen molar-refractivity contribution in [2.45, 2.75) is 0 Å². The molecule has 2 aromatic carbocycles. The maximum atomic E-state index is 9.78. The van der Waals surface area contributed by atoms with Crippen LogP contribution in [0.3, 0.4) is 0 Å². The van der Waals surface area contributed by atoms with Crippen LogP contribution in [0.15, 0.2) is 24.3 Å². The van der Waals surface area contributed by atoms with Crippen LogP contribution < -0.4 is 10.4 Å². The van der Waals surface area contributed by atoms with E-state index >= 15 is 0 Å². The van der Waals surface area contributed by atoms with Gasteiger partial charge in [-0.2, -0.15) is 42.1 Å². The van der Waals surface area contributed by atoms with Crippen LogP contribution in [0.1, 0.15) is 33.4 Å². The molecule has 8 heteroatoms. The van der Waals surface area contributed by atoms with Crippen molar-refractivity contribution in [2.75, 3.05) is 0 Å². The van der Waals surface area contributed by atoms with Crippen molar-refractivity contribution >= 4 is 11.1 Å². The quantitative estimate of drug-likeness (QED) is 0.698. The van der Waals surface area contributed by atoms with Gasteiger partial charge in [0.25, 0.3) is 0 Å². The summed E-state index contributed by atoms with van der Waals surface area (Å²) in [5, 5.41) is 74.9. The SMILES string of the molecule is N#CC(C#N)=c1cc(C#N)/c(=C(\C#N)c2c(C#N)cc(C#N)cc2C#N)cc1C#N. The lowest BCUT2D eigenvalue weighted by molar-refractivity contribution is 1.35. The van der Waals surface area contributed by atoms with Gasteiger partial charge in [-0.1, -0.05) is 0 Å². The predicted octanol–water partition coefficient (Wildman–Crippen LogP) is 0.965. The molecule has 0 aliphatic rings. The zero-order valence-electron chi connectivity index (χ0n) is 14.9. The number of benzene rings is 2. The van der Waals surface area contributed by atoms with E-state index in [1.54, 1.807) is 12.1 Å². The Hall–Kier alpha value is -5.90. The van der Waals surface area contributed by atoms with E-state index in [0.29, 0.717) is 0 Å². The minimum atomic E-state index is -0.387. The first-order chi connectivity index (χ1) is 14.5. The molecule has 0 unspecified atom stereocenters. The van der Waals surface area contributed by atoms with Gasteiger partial charge in [0.1, 0.15) is 23.8 Å². The number of hydrogen-bond acceptors (Lipinski definition) is 8. The summed E-state index contributed by atoms with van der Waals surface area (Å²) >= 11 is 0. The lowest BCUT2D eigenvalue weighted by Crippen LogP contribution is -2.21. The highest BCUT2D eigenvalue weighted by molar-refractivity contribution is 5.85. The summed E-state index contributed by atoms with van der Waals surface area (Å²) in [4.78, 5) is 0. The average Bonchev–Trinajstić information content (AvgIpc) is 2.80. The van der Waals surface area contributed by atoms with E-state index in [0.717, 1.165) is 12.1 Å². The molecule has 0 fully saturated rings. The third-order valence-electron chi connectivity index (χ3n) is 4.03. The van der Waals surface area contributed by atoms with Crippen molar-refractivity contribution in [3.63, 3.8) is 0 Å². The van der Waals surface area contributed by atoms with Gasteiger partial charge in [-0.15, -0.1) is 0 Å². The Kier molecular flexibility index (Phi) is 5.89. The third-order valence-corrected chi connectivity index (χ3v) is 4.03. The molecular formula is C22H4N8. The Balaban J connectivity index is 3.26. The zero-order valence-corrected chi connectivity index (χ0v) is 14.9. The second-order valence-electron chi connectivity index (χ2n) is 5.53. The van der Waals surface area contributed by atoms with Gasteiger partial charge in [-0.05, 0) is 24.3 Å². The number of hydrogen-bond donors (Lipinski definition) is 0. The lowest BCUT2D eigenvalue weighted by Gasteiger charge is -2.07. The van der Waals surface area contributed by atoms with Gasteiger partial charge < -0.3 is 0 Å². The molecule has 0 heterocycles. The first-order valence-electron chi connectivity index (χ1n) is 7.85. The first kappa shape index (κ1) is 20.4. The van der Waals surface area contributed by atoms with Gasteiger partial charge >= 0.3 is 0 Å². The van der Waals surface area contributed by atoms with Crippen LogP contribution in [0.4, 0.5) is 0 Å². The summed E-state index contributed by atoms with van der Waals surface area (Å²) < 4.78 is 0. The van der Waals surface area contributed by atoms with Crippen LogP contribution in [0.5, 0.6) is 0 Å². The molecule has 0 spiro atoms. The fourth-order valence-electron chi connectivity index (χ4n) is 2.75. The molecule has 0 N–H and O–H groups in total. The molecular weight excluding hydrogens is 376 g/mol.